The van der Waals surface area contributed by atoms with Crippen molar-refractivity contribution in [3.05, 3.63) is 71.8 Å². The first kappa shape index (κ1) is 15.4. The second-order valence-electron chi connectivity index (χ2n) is 5.59. The largest absolute Gasteiger partial charge is 0.320 e. The van der Waals surface area contributed by atoms with Gasteiger partial charge in [-0.25, -0.2) is 4.98 Å². The van der Waals surface area contributed by atoms with Crippen LogP contribution in [0.15, 0.2) is 61.1 Å². The number of pyridine rings is 1. The van der Waals surface area contributed by atoms with Crippen molar-refractivity contribution < 1.29 is 4.79 Å². The van der Waals surface area contributed by atoms with Crippen LogP contribution in [0, 0.1) is 0 Å². The van der Waals surface area contributed by atoms with Crippen LogP contribution in [0.25, 0.3) is 16.9 Å². The van der Waals surface area contributed by atoms with E-state index in [0.29, 0.717) is 16.4 Å². The van der Waals surface area contributed by atoms with E-state index >= 15 is 0 Å². The summed E-state index contributed by atoms with van der Waals surface area (Å²) in [6.07, 6.45) is 5.25. The highest BCUT2D eigenvalue weighted by molar-refractivity contribution is 6.34. The molecule has 4 aromatic rings. The first-order valence-electron chi connectivity index (χ1n) is 7.65. The SMILES string of the molecule is Cn1ncc(Cl)c1C(=O)Nc1ccn2cc(-c3ccccc3)nc2c1. The van der Waals surface area contributed by atoms with Crippen molar-refractivity contribution in [2.24, 2.45) is 7.05 Å². The van der Waals surface area contributed by atoms with Gasteiger partial charge in [0, 0.05) is 36.8 Å². The van der Waals surface area contributed by atoms with Crippen molar-refractivity contribution in [3.63, 3.8) is 0 Å². The number of benzene rings is 1. The highest BCUT2D eigenvalue weighted by Crippen LogP contribution is 2.21. The van der Waals surface area contributed by atoms with E-state index in [2.05, 4.69) is 15.4 Å². The molecule has 0 unspecified atom stereocenters. The molecule has 0 atom stereocenters. The summed E-state index contributed by atoms with van der Waals surface area (Å²) in [7, 11) is 1.67. The van der Waals surface area contributed by atoms with Crippen molar-refractivity contribution in [1.29, 1.82) is 0 Å². The van der Waals surface area contributed by atoms with Crippen molar-refractivity contribution in [2.45, 2.75) is 0 Å². The molecule has 0 spiro atoms. The molecule has 7 heteroatoms. The maximum Gasteiger partial charge on any atom is 0.275 e. The molecule has 3 aromatic heterocycles. The fourth-order valence-electron chi connectivity index (χ4n) is 2.66. The van der Waals surface area contributed by atoms with Gasteiger partial charge >= 0.3 is 0 Å². The molecule has 1 aromatic carbocycles. The zero-order valence-electron chi connectivity index (χ0n) is 13.3. The lowest BCUT2D eigenvalue weighted by Crippen LogP contribution is -2.16. The van der Waals surface area contributed by atoms with E-state index in [1.807, 2.05) is 59.3 Å². The molecule has 1 amide bonds. The fourth-order valence-corrected chi connectivity index (χ4v) is 2.92. The van der Waals surface area contributed by atoms with Gasteiger partial charge in [-0.3, -0.25) is 9.48 Å². The number of carbonyl (C=O) groups excluding carboxylic acids is 1. The highest BCUT2D eigenvalue weighted by Gasteiger charge is 2.16. The van der Waals surface area contributed by atoms with Crippen LogP contribution in [0.3, 0.4) is 0 Å². The number of nitrogens with one attached hydrogen (secondary N) is 1. The summed E-state index contributed by atoms with van der Waals surface area (Å²) >= 11 is 6.01. The number of amides is 1. The first-order valence-corrected chi connectivity index (χ1v) is 8.02. The lowest BCUT2D eigenvalue weighted by Gasteiger charge is -2.06. The second-order valence-corrected chi connectivity index (χ2v) is 6.00. The summed E-state index contributed by atoms with van der Waals surface area (Å²) in [5.74, 6) is -0.316. The number of nitrogens with zero attached hydrogens (tertiary/aromatic N) is 4. The predicted molar refractivity (Wildman–Crippen MR) is 96.8 cm³/mol. The number of fused-ring (bicyclic) bond motifs is 1. The molecule has 1 N–H and O–H groups in total. The Hall–Kier alpha value is -3.12. The Labute approximate surface area is 148 Å². The van der Waals surface area contributed by atoms with Gasteiger partial charge < -0.3 is 9.72 Å². The molecule has 124 valence electrons. The molecule has 0 aliphatic heterocycles. The number of anilines is 1. The Morgan fingerprint density at radius 1 is 1.20 bits per heavy atom. The number of halogens is 1. The molecule has 0 aliphatic carbocycles. The number of imidazole rings is 1. The van der Waals surface area contributed by atoms with Gasteiger partial charge in [0.25, 0.3) is 5.91 Å². The van der Waals surface area contributed by atoms with Crippen molar-refractivity contribution in [2.75, 3.05) is 5.32 Å². The second kappa shape index (κ2) is 6.07. The van der Waals surface area contributed by atoms with Crippen LogP contribution in [0.1, 0.15) is 10.5 Å². The topological polar surface area (TPSA) is 64.2 Å². The summed E-state index contributed by atoms with van der Waals surface area (Å²) in [5.41, 5.74) is 3.61. The van der Waals surface area contributed by atoms with E-state index in [4.69, 9.17) is 11.6 Å². The van der Waals surface area contributed by atoms with Crippen LogP contribution < -0.4 is 5.32 Å². The third-order valence-electron chi connectivity index (χ3n) is 3.90. The summed E-state index contributed by atoms with van der Waals surface area (Å²) in [5, 5.41) is 7.12. The van der Waals surface area contributed by atoms with Crippen LogP contribution in [0.5, 0.6) is 0 Å². The van der Waals surface area contributed by atoms with E-state index in [0.717, 1.165) is 16.9 Å². The van der Waals surface area contributed by atoms with E-state index in [-0.39, 0.29) is 5.91 Å². The first-order chi connectivity index (χ1) is 12.1. The Morgan fingerprint density at radius 3 is 2.72 bits per heavy atom. The Kier molecular flexibility index (Phi) is 3.74. The van der Waals surface area contributed by atoms with Gasteiger partial charge in [0.2, 0.25) is 0 Å². The average Bonchev–Trinajstić information content (AvgIpc) is 3.18. The molecular formula is C18H14ClN5O. The van der Waals surface area contributed by atoms with E-state index < -0.39 is 0 Å². The number of hydrogen-bond donors (Lipinski definition) is 1. The Morgan fingerprint density at radius 2 is 2.00 bits per heavy atom. The molecule has 6 nitrogen and oxygen atoms in total. The monoisotopic (exact) mass is 351 g/mol. The normalized spacial score (nSPS) is 11.0. The lowest BCUT2D eigenvalue weighted by atomic mass is 10.2. The standard InChI is InChI=1S/C18H14ClN5O/c1-23-17(14(19)10-20-23)18(25)21-13-7-8-24-11-15(22-16(24)9-13)12-5-3-2-4-6-12/h2-11H,1H3,(H,21,25). The molecular weight excluding hydrogens is 338 g/mol. The maximum absolute atomic E-state index is 12.4. The molecule has 25 heavy (non-hydrogen) atoms. The van der Waals surface area contributed by atoms with Crippen LogP contribution in [-0.2, 0) is 7.05 Å². The van der Waals surface area contributed by atoms with Gasteiger partial charge in [-0.05, 0) is 6.07 Å². The molecule has 0 fully saturated rings. The third-order valence-corrected chi connectivity index (χ3v) is 4.17. The molecule has 0 aliphatic rings. The Bertz CT molecular complexity index is 1050. The number of carbonyl (C=O) groups is 1. The number of hydrogen-bond acceptors (Lipinski definition) is 3. The zero-order valence-corrected chi connectivity index (χ0v) is 14.1. The number of aryl methyl sites for hydroxylation is 1. The maximum atomic E-state index is 12.4. The molecule has 0 saturated heterocycles. The molecule has 3 heterocycles. The van der Waals surface area contributed by atoms with Crippen molar-refractivity contribution >= 4 is 28.8 Å². The van der Waals surface area contributed by atoms with Crippen LogP contribution in [-0.4, -0.2) is 25.1 Å². The van der Waals surface area contributed by atoms with Crippen LogP contribution >= 0.6 is 11.6 Å². The average molecular weight is 352 g/mol. The fraction of sp³-hybridized carbons (Fsp3) is 0.0556. The lowest BCUT2D eigenvalue weighted by molar-refractivity contribution is 0.101. The highest BCUT2D eigenvalue weighted by atomic mass is 35.5. The van der Waals surface area contributed by atoms with Gasteiger partial charge in [0.1, 0.15) is 11.3 Å². The van der Waals surface area contributed by atoms with Gasteiger partial charge in [-0.15, -0.1) is 0 Å². The van der Waals surface area contributed by atoms with Gasteiger partial charge in [-0.1, -0.05) is 41.9 Å². The van der Waals surface area contributed by atoms with Crippen LogP contribution in [0.4, 0.5) is 5.69 Å². The minimum atomic E-state index is -0.316. The smallest absolute Gasteiger partial charge is 0.275 e. The predicted octanol–water partition coefficient (Wildman–Crippen LogP) is 3.64. The van der Waals surface area contributed by atoms with Gasteiger partial charge in [-0.2, -0.15) is 5.10 Å². The molecule has 4 rings (SSSR count). The molecule has 0 radical (unpaired) electrons. The van der Waals surface area contributed by atoms with E-state index in [1.165, 1.54) is 10.9 Å². The Balaban J connectivity index is 1.64. The third kappa shape index (κ3) is 2.88. The van der Waals surface area contributed by atoms with Gasteiger partial charge in [0.15, 0.2) is 0 Å². The van der Waals surface area contributed by atoms with Crippen molar-refractivity contribution in [3.8, 4) is 11.3 Å². The number of aromatic nitrogens is 4. The van der Waals surface area contributed by atoms with E-state index in [9.17, 15) is 4.79 Å². The van der Waals surface area contributed by atoms with E-state index in [1.54, 1.807) is 7.05 Å². The van der Waals surface area contributed by atoms with Crippen LogP contribution in [0.2, 0.25) is 5.02 Å². The van der Waals surface area contributed by atoms with Crippen molar-refractivity contribution in [1.82, 2.24) is 19.2 Å². The minimum absolute atomic E-state index is 0.313. The summed E-state index contributed by atoms with van der Waals surface area (Å²) in [4.78, 5) is 17.0. The summed E-state index contributed by atoms with van der Waals surface area (Å²) in [6.45, 7) is 0. The van der Waals surface area contributed by atoms with Gasteiger partial charge in [0.05, 0.1) is 16.9 Å². The zero-order chi connectivity index (χ0) is 17.4. The summed E-state index contributed by atoms with van der Waals surface area (Å²) < 4.78 is 3.36. The quantitative estimate of drug-likeness (QED) is 0.613. The minimum Gasteiger partial charge on any atom is -0.320 e. The molecule has 0 saturated carbocycles. The number of rotatable bonds is 3. The molecule has 0 bridgehead atoms. The summed E-state index contributed by atoms with van der Waals surface area (Å²) in [6, 6.07) is 13.6.